The summed E-state index contributed by atoms with van der Waals surface area (Å²) in [6, 6.07) is 9.67. The smallest absolute Gasteiger partial charge is 0.416 e. The minimum atomic E-state index is -4.47. The number of methoxy groups -OCH3 is 2. The normalized spacial score (nSPS) is 19.2. The van der Waals surface area contributed by atoms with Crippen molar-refractivity contribution in [3.8, 4) is 11.5 Å². The Morgan fingerprint density at radius 1 is 0.969 bits per heavy atom. The lowest BCUT2D eigenvalue weighted by molar-refractivity contribution is -0.137. The van der Waals surface area contributed by atoms with Gasteiger partial charge in [-0.05, 0) is 55.3 Å². The van der Waals surface area contributed by atoms with Gasteiger partial charge in [0.15, 0.2) is 5.78 Å². The Morgan fingerprint density at radius 2 is 1.69 bits per heavy atom. The molecule has 0 spiro atoms. The molecule has 8 heteroatoms. The number of anilines is 1. The zero-order valence-corrected chi connectivity index (χ0v) is 17.7. The van der Waals surface area contributed by atoms with Crippen molar-refractivity contribution < 1.29 is 32.2 Å². The Bertz CT molecular complexity index is 1090. The van der Waals surface area contributed by atoms with Crippen LogP contribution in [0.4, 0.5) is 18.9 Å². The summed E-state index contributed by atoms with van der Waals surface area (Å²) in [6.07, 6.45) is -3.06. The number of benzene rings is 2. The lowest BCUT2D eigenvalue weighted by atomic mass is 9.76. The third kappa shape index (κ3) is 3.85. The molecule has 1 aliphatic heterocycles. The van der Waals surface area contributed by atoms with E-state index in [9.17, 15) is 22.8 Å². The van der Waals surface area contributed by atoms with E-state index < -0.39 is 17.7 Å². The largest absolute Gasteiger partial charge is 0.497 e. The van der Waals surface area contributed by atoms with Gasteiger partial charge in [-0.15, -0.1) is 0 Å². The molecule has 0 N–H and O–H groups in total. The molecule has 0 aromatic heterocycles. The Morgan fingerprint density at radius 3 is 2.31 bits per heavy atom. The van der Waals surface area contributed by atoms with Gasteiger partial charge in [-0.25, -0.2) is 0 Å². The van der Waals surface area contributed by atoms with E-state index in [1.54, 1.807) is 18.2 Å². The number of allylic oxidation sites excluding steroid dienone is 2. The van der Waals surface area contributed by atoms with Crippen molar-refractivity contribution in [2.45, 2.75) is 37.8 Å². The van der Waals surface area contributed by atoms with Gasteiger partial charge >= 0.3 is 6.18 Å². The molecule has 1 atom stereocenters. The van der Waals surface area contributed by atoms with Crippen LogP contribution in [0.15, 0.2) is 53.7 Å². The Labute approximate surface area is 183 Å². The zero-order valence-electron chi connectivity index (χ0n) is 17.7. The monoisotopic (exact) mass is 445 g/mol. The molecule has 0 unspecified atom stereocenters. The topological polar surface area (TPSA) is 55.8 Å². The summed E-state index contributed by atoms with van der Waals surface area (Å²) < 4.78 is 49.7. The molecule has 0 saturated carbocycles. The number of rotatable bonds is 4. The summed E-state index contributed by atoms with van der Waals surface area (Å²) in [7, 11) is 3.04. The van der Waals surface area contributed by atoms with E-state index in [0.29, 0.717) is 53.3 Å². The summed E-state index contributed by atoms with van der Waals surface area (Å²) >= 11 is 0. The van der Waals surface area contributed by atoms with Gasteiger partial charge in [0.2, 0.25) is 5.91 Å². The van der Waals surface area contributed by atoms with Gasteiger partial charge in [-0.2, -0.15) is 13.2 Å². The standard InChI is InChI=1S/C24H22F3NO4/c1-31-16-10-11-21(32-2)17(12-16)18-13-22(30)28(19-4-3-5-20(29)23(18)19)15-8-6-14(7-9-15)24(25,26)27/h6-12,18H,3-5,13H2,1-2H3/t18-/m0/s1. The van der Waals surface area contributed by atoms with Crippen LogP contribution in [0.25, 0.3) is 0 Å². The number of carbonyl (C=O) groups excluding carboxylic acids is 2. The summed E-state index contributed by atoms with van der Waals surface area (Å²) in [6.45, 7) is 0. The Hall–Kier alpha value is -3.29. The van der Waals surface area contributed by atoms with Crippen molar-refractivity contribution in [1.82, 2.24) is 0 Å². The molecule has 5 nitrogen and oxygen atoms in total. The van der Waals surface area contributed by atoms with Crippen molar-refractivity contribution in [1.29, 1.82) is 0 Å². The highest BCUT2D eigenvalue weighted by atomic mass is 19.4. The first-order valence-corrected chi connectivity index (χ1v) is 10.2. The number of hydrogen-bond acceptors (Lipinski definition) is 4. The van der Waals surface area contributed by atoms with Crippen LogP contribution >= 0.6 is 0 Å². The van der Waals surface area contributed by atoms with Gasteiger partial charge in [0.25, 0.3) is 0 Å². The molecular formula is C24H22F3NO4. The molecule has 0 fully saturated rings. The van der Waals surface area contributed by atoms with Crippen LogP contribution in [0.5, 0.6) is 11.5 Å². The van der Waals surface area contributed by atoms with Crippen LogP contribution in [0.2, 0.25) is 0 Å². The van der Waals surface area contributed by atoms with Crippen LogP contribution in [-0.2, 0) is 15.8 Å². The number of hydrogen-bond donors (Lipinski definition) is 0. The van der Waals surface area contributed by atoms with Gasteiger partial charge in [-0.1, -0.05) is 0 Å². The average molecular weight is 445 g/mol. The number of alkyl halides is 3. The number of halogens is 3. The Kier molecular flexibility index (Phi) is 5.71. The predicted molar refractivity (Wildman–Crippen MR) is 112 cm³/mol. The molecule has 32 heavy (non-hydrogen) atoms. The maximum Gasteiger partial charge on any atom is 0.416 e. The molecule has 0 radical (unpaired) electrons. The molecule has 1 heterocycles. The SMILES string of the molecule is COc1ccc(OC)c([C@@H]2CC(=O)N(c3ccc(C(F)(F)F)cc3)C3=C2C(=O)CCC3)c1. The molecule has 2 aromatic rings. The number of amides is 1. The summed E-state index contributed by atoms with van der Waals surface area (Å²) in [4.78, 5) is 27.7. The minimum absolute atomic E-state index is 0.00484. The molecule has 2 aliphatic rings. The molecule has 1 amide bonds. The summed E-state index contributed by atoms with van der Waals surface area (Å²) in [5.74, 6) is 0.250. The lowest BCUT2D eigenvalue weighted by Gasteiger charge is -2.38. The average Bonchev–Trinajstić information content (AvgIpc) is 2.77. The molecule has 0 saturated heterocycles. The maximum atomic E-state index is 13.3. The molecule has 1 aliphatic carbocycles. The summed E-state index contributed by atoms with van der Waals surface area (Å²) in [5.41, 5.74) is 1.27. The number of nitrogens with zero attached hydrogens (tertiary/aromatic N) is 1. The third-order valence-electron chi connectivity index (χ3n) is 5.94. The highest BCUT2D eigenvalue weighted by Gasteiger charge is 2.41. The zero-order chi connectivity index (χ0) is 23.0. The maximum absolute atomic E-state index is 13.3. The number of ketones is 1. The highest BCUT2D eigenvalue weighted by molar-refractivity contribution is 6.07. The van der Waals surface area contributed by atoms with Gasteiger partial charge in [0.1, 0.15) is 11.5 Å². The fourth-order valence-electron chi connectivity index (χ4n) is 4.47. The third-order valence-corrected chi connectivity index (χ3v) is 5.94. The molecule has 2 aromatic carbocycles. The van der Waals surface area contributed by atoms with Crippen LogP contribution in [0.1, 0.15) is 42.7 Å². The Balaban J connectivity index is 1.83. The first-order chi connectivity index (χ1) is 15.2. The first kappa shape index (κ1) is 21.9. The van der Waals surface area contributed by atoms with Crippen LogP contribution in [0.3, 0.4) is 0 Å². The number of Topliss-reactive ketones (excluding diaryl/α,β-unsaturated/α-hetero) is 1. The van der Waals surface area contributed by atoms with Crippen molar-refractivity contribution in [3.63, 3.8) is 0 Å². The van der Waals surface area contributed by atoms with Crippen molar-refractivity contribution >= 4 is 17.4 Å². The predicted octanol–water partition coefficient (Wildman–Crippen LogP) is 5.25. The van der Waals surface area contributed by atoms with Gasteiger partial charge in [-0.3, -0.25) is 14.5 Å². The van der Waals surface area contributed by atoms with Crippen molar-refractivity contribution in [2.24, 2.45) is 0 Å². The number of carbonyl (C=O) groups is 2. The molecular weight excluding hydrogens is 423 g/mol. The second-order valence-corrected chi connectivity index (χ2v) is 7.78. The first-order valence-electron chi connectivity index (χ1n) is 10.2. The fraction of sp³-hybridized carbons (Fsp3) is 0.333. The van der Waals surface area contributed by atoms with Crippen LogP contribution < -0.4 is 14.4 Å². The van der Waals surface area contributed by atoms with Crippen molar-refractivity contribution in [3.05, 3.63) is 64.9 Å². The quantitative estimate of drug-likeness (QED) is 0.645. The van der Waals surface area contributed by atoms with Crippen LogP contribution in [-0.4, -0.2) is 25.9 Å². The van der Waals surface area contributed by atoms with E-state index in [-0.39, 0.29) is 18.1 Å². The fourth-order valence-corrected chi connectivity index (χ4v) is 4.47. The van der Waals surface area contributed by atoms with Crippen molar-refractivity contribution in [2.75, 3.05) is 19.1 Å². The minimum Gasteiger partial charge on any atom is -0.497 e. The highest BCUT2D eigenvalue weighted by Crippen LogP contribution is 2.46. The second-order valence-electron chi connectivity index (χ2n) is 7.78. The lowest BCUT2D eigenvalue weighted by Crippen LogP contribution is -2.40. The van der Waals surface area contributed by atoms with E-state index in [2.05, 4.69) is 0 Å². The van der Waals surface area contributed by atoms with Gasteiger partial charge in [0.05, 0.1) is 19.8 Å². The van der Waals surface area contributed by atoms with Crippen LogP contribution in [0, 0.1) is 0 Å². The van der Waals surface area contributed by atoms with E-state index in [1.807, 2.05) is 0 Å². The van der Waals surface area contributed by atoms with E-state index in [0.717, 1.165) is 12.1 Å². The summed E-state index contributed by atoms with van der Waals surface area (Å²) in [5, 5.41) is 0. The van der Waals surface area contributed by atoms with E-state index in [1.165, 1.54) is 31.3 Å². The van der Waals surface area contributed by atoms with Gasteiger partial charge in [0, 0.05) is 41.3 Å². The molecule has 168 valence electrons. The van der Waals surface area contributed by atoms with Gasteiger partial charge < -0.3 is 9.47 Å². The number of ether oxygens (including phenoxy) is 2. The molecule has 0 bridgehead atoms. The molecule has 4 rings (SSSR count). The second kappa shape index (κ2) is 8.33. The van der Waals surface area contributed by atoms with E-state index in [4.69, 9.17) is 9.47 Å². The van der Waals surface area contributed by atoms with E-state index >= 15 is 0 Å².